The van der Waals surface area contributed by atoms with Gasteiger partial charge in [0.25, 0.3) is 0 Å². The normalized spacial score (nSPS) is 10.6. The molecule has 178 valence electrons. The summed E-state index contributed by atoms with van der Waals surface area (Å²) in [6.07, 6.45) is 0.0163. The molecule has 0 fully saturated rings. The first-order chi connectivity index (χ1) is 16.3. The van der Waals surface area contributed by atoms with Crippen LogP contribution in [-0.2, 0) is 27.8 Å². The van der Waals surface area contributed by atoms with Crippen molar-refractivity contribution in [3.63, 3.8) is 0 Å². The van der Waals surface area contributed by atoms with Gasteiger partial charge >= 0.3 is 5.97 Å². The fraction of sp³-hybridized carbons (Fsp3) is 0.261. The van der Waals surface area contributed by atoms with Crippen molar-refractivity contribution in [1.82, 2.24) is 14.8 Å². The van der Waals surface area contributed by atoms with E-state index in [9.17, 15) is 14.4 Å². The van der Waals surface area contributed by atoms with Crippen molar-refractivity contribution in [1.29, 1.82) is 0 Å². The summed E-state index contributed by atoms with van der Waals surface area (Å²) in [5.74, 6) is -0.450. The molecule has 2 amide bonds. The van der Waals surface area contributed by atoms with E-state index in [1.165, 1.54) is 11.8 Å². The zero-order valence-electron chi connectivity index (χ0n) is 18.9. The number of hydrogen-bond acceptors (Lipinski definition) is 7. The van der Waals surface area contributed by atoms with E-state index in [-0.39, 0.29) is 30.6 Å². The maximum absolute atomic E-state index is 12.4. The summed E-state index contributed by atoms with van der Waals surface area (Å²) in [6, 6.07) is 11.8. The number of ether oxygens (including phenoxy) is 1. The maximum Gasteiger partial charge on any atom is 0.338 e. The second kappa shape index (κ2) is 11.7. The van der Waals surface area contributed by atoms with E-state index in [4.69, 9.17) is 16.3 Å². The van der Waals surface area contributed by atoms with Crippen LogP contribution in [0.2, 0.25) is 5.02 Å². The zero-order valence-corrected chi connectivity index (χ0v) is 20.5. The van der Waals surface area contributed by atoms with Gasteiger partial charge in [-0.05, 0) is 49.7 Å². The third kappa shape index (κ3) is 6.82. The average Bonchev–Trinajstić information content (AvgIpc) is 3.14. The van der Waals surface area contributed by atoms with Crippen LogP contribution in [0.15, 0.2) is 47.6 Å². The highest BCUT2D eigenvalue weighted by molar-refractivity contribution is 7.99. The predicted molar refractivity (Wildman–Crippen MR) is 131 cm³/mol. The average molecular weight is 502 g/mol. The molecule has 0 spiro atoms. The second-order valence-electron chi connectivity index (χ2n) is 7.28. The largest absolute Gasteiger partial charge is 0.462 e. The minimum atomic E-state index is -0.450. The Morgan fingerprint density at radius 1 is 1.06 bits per heavy atom. The smallest absolute Gasteiger partial charge is 0.338 e. The molecule has 1 aromatic heterocycles. The van der Waals surface area contributed by atoms with Gasteiger partial charge in [-0.25, -0.2) is 4.79 Å². The number of thioether (sulfide) groups is 1. The summed E-state index contributed by atoms with van der Waals surface area (Å²) >= 11 is 7.28. The summed E-state index contributed by atoms with van der Waals surface area (Å²) in [4.78, 5) is 36.6. The number of carbonyl (C=O) groups is 3. The molecule has 0 aliphatic carbocycles. The van der Waals surface area contributed by atoms with Gasteiger partial charge in [0.15, 0.2) is 5.16 Å². The van der Waals surface area contributed by atoms with Crippen LogP contribution in [0.5, 0.6) is 0 Å². The first-order valence-corrected chi connectivity index (χ1v) is 11.8. The van der Waals surface area contributed by atoms with E-state index in [2.05, 4.69) is 20.8 Å². The summed E-state index contributed by atoms with van der Waals surface area (Å²) < 4.78 is 6.64. The van der Waals surface area contributed by atoms with Crippen LogP contribution in [0, 0.1) is 6.92 Å². The highest BCUT2D eigenvalue weighted by Crippen LogP contribution is 2.21. The Balaban J connectivity index is 1.53. The van der Waals surface area contributed by atoms with Gasteiger partial charge in [-0.3, -0.25) is 9.59 Å². The molecule has 1 heterocycles. The Hall–Kier alpha value is -3.37. The van der Waals surface area contributed by atoms with Gasteiger partial charge in [0.05, 0.1) is 24.3 Å². The Labute approximate surface area is 206 Å². The fourth-order valence-corrected chi connectivity index (χ4v) is 3.82. The lowest BCUT2D eigenvalue weighted by molar-refractivity contribution is -0.116. The van der Waals surface area contributed by atoms with Crippen LogP contribution in [-0.4, -0.2) is 44.9 Å². The van der Waals surface area contributed by atoms with Crippen molar-refractivity contribution in [2.75, 3.05) is 23.0 Å². The molecule has 3 aromatic rings. The summed E-state index contributed by atoms with van der Waals surface area (Å²) in [6.45, 7) is 3.88. The van der Waals surface area contributed by atoms with Crippen molar-refractivity contribution in [2.45, 2.75) is 25.4 Å². The van der Waals surface area contributed by atoms with Crippen LogP contribution in [0.4, 0.5) is 11.4 Å². The van der Waals surface area contributed by atoms with Gasteiger partial charge < -0.3 is 19.9 Å². The van der Waals surface area contributed by atoms with Gasteiger partial charge in [0.2, 0.25) is 11.8 Å². The molecule has 0 atom stereocenters. The molecule has 0 saturated heterocycles. The second-order valence-corrected chi connectivity index (χ2v) is 8.63. The molecule has 34 heavy (non-hydrogen) atoms. The quantitative estimate of drug-likeness (QED) is 0.338. The number of halogens is 1. The van der Waals surface area contributed by atoms with Crippen LogP contribution >= 0.6 is 23.4 Å². The van der Waals surface area contributed by atoms with E-state index in [1.54, 1.807) is 54.9 Å². The molecule has 0 saturated carbocycles. The molecule has 9 nitrogen and oxygen atoms in total. The highest BCUT2D eigenvalue weighted by Gasteiger charge is 2.15. The molecule has 0 unspecified atom stereocenters. The minimum absolute atomic E-state index is 0.0163. The zero-order chi connectivity index (χ0) is 24.7. The molecule has 2 N–H and O–H groups in total. The van der Waals surface area contributed by atoms with Crippen LogP contribution < -0.4 is 10.6 Å². The summed E-state index contributed by atoms with van der Waals surface area (Å²) in [7, 11) is 1.73. The number of amides is 2. The Morgan fingerprint density at radius 2 is 1.79 bits per heavy atom. The highest BCUT2D eigenvalue weighted by atomic mass is 35.5. The monoisotopic (exact) mass is 501 g/mol. The third-order valence-corrected chi connectivity index (χ3v) is 6.12. The van der Waals surface area contributed by atoms with Crippen LogP contribution in [0.1, 0.15) is 28.7 Å². The van der Waals surface area contributed by atoms with Gasteiger partial charge in [0, 0.05) is 23.4 Å². The lowest BCUT2D eigenvalue weighted by Gasteiger charge is -2.08. The number of esters is 1. The number of anilines is 2. The molecular formula is C23H24ClN5O4S. The Morgan fingerprint density at radius 3 is 2.53 bits per heavy atom. The summed E-state index contributed by atoms with van der Waals surface area (Å²) in [5.41, 5.74) is 2.37. The lowest BCUT2D eigenvalue weighted by atomic mass is 10.2. The number of nitrogens with one attached hydrogen (secondary N) is 2. The number of hydrogen-bond donors (Lipinski definition) is 2. The van der Waals surface area contributed by atoms with Gasteiger partial charge in [-0.1, -0.05) is 35.5 Å². The molecule has 0 bridgehead atoms. The molecular weight excluding hydrogens is 478 g/mol. The first kappa shape index (κ1) is 25.3. The SMILES string of the molecule is CCOC(=O)c1cccc(NC(=O)CSc2nnc(CC(=O)Nc3ccc(C)c(Cl)c3)n2C)c1. The molecule has 0 aliphatic heterocycles. The van der Waals surface area contributed by atoms with E-state index in [1.807, 2.05) is 13.0 Å². The van der Waals surface area contributed by atoms with E-state index >= 15 is 0 Å². The van der Waals surface area contributed by atoms with Crippen molar-refractivity contribution < 1.29 is 19.1 Å². The summed E-state index contributed by atoms with van der Waals surface area (Å²) in [5, 5.41) is 14.7. The van der Waals surface area contributed by atoms with Crippen LogP contribution in [0.3, 0.4) is 0 Å². The van der Waals surface area contributed by atoms with Crippen molar-refractivity contribution >= 4 is 52.5 Å². The number of aromatic nitrogens is 3. The number of benzene rings is 2. The number of carbonyl (C=O) groups excluding carboxylic acids is 3. The fourth-order valence-electron chi connectivity index (χ4n) is 2.91. The topological polar surface area (TPSA) is 115 Å². The van der Waals surface area contributed by atoms with E-state index in [0.29, 0.717) is 32.9 Å². The molecule has 3 rings (SSSR count). The van der Waals surface area contributed by atoms with Crippen molar-refractivity contribution in [3.8, 4) is 0 Å². The maximum atomic E-state index is 12.4. The van der Waals surface area contributed by atoms with Gasteiger partial charge in [0.1, 0.15) is 5.82 Å². The minimum Gasteiger partial charge on any atom is -0.462 e. The molecule has 0 aliphatic rings. The number of rotatable bonds is 9. The third-order valence-electron chi connectivity index (χ3n) is 4.69. The molecule has 2 aromatic carbocycles. The first-order valence-electron chi connectivity index (χ1n) is 10.4. The predicted octanol–water partition coefficient (Wildman–Crippen LogP) is 3.87. The van der Waals surface area contributed by atoms with E-state index in [0.717, 1.165) is 5.56 Å². The van der Waals surface area contributed by atoms with Gasteiger partial charge in [-0.15, -0.1) is 10.2 Å². The Kier molecular flexibility index (Phi) is 8.67. The Bertz CT molecular complexity index is 1210. The van der Waals surface area contributed by atoms with E-state index < -0.39 is 5.97 Å². The van der Waals surface area contributed by atoms with Crippen molar-refractivity contribution in [2.24, 2.45) is 7.05 Å². The van der Waals surface area contributed by atoms with Gasteiger partial charge in [-0.2, -0.15) is 0 Å². The van der Waals surface area contributed by atoms with Crippen molar-refractivity contribution in [3.05, 3.63) is 64.4 Å². The lowest BCUT2D eigenvalue weighted by Crippen LogP contribution is -2.17. The number of aryl methyl sites for hydroxylation is 1. The van der Waals surface area contributed by atoms with Crippen LogP contribution in [0.25, 0.3) is 0 Å². The molecule has 0 radical (unpaired) electrons. The molecule has 11 heteroatoms. The number of nitrogens with zero attached hydrogens (tertiary/aromatic N) is 3. The standard InChI is InChI=1S/C23H24ClN5O4S/c1-4-33-22(32)15-6-5-7-16(10-15)26-21(31)13-34-23-28-27-19(29(23)3)12-20(30)25-17-9-8-14(2)18(24)11-17/h5-11H,4,12-13H2,1-3H3,(H,25,30)(H,26,31).